The van der Waals surface area contributed by atoms with Crippen molar-refractivity contribution in [3.8, 4) is 0 Å². The number of fused-ring (bicyclic) bond motifs is 1. The van der Waals surface area contributed by atoms with E-state index in [0.717, 1.165) is 47.2 Å². The van der Waals surface area contributed by atoms with Crippen molar-refractivity contribution >= 4 is 11.5 Å². The van der Waals surface area contributed by atoms with Crippen LogP contribution in [0.25, 0.3) is 5.65 Å². The SMILES string of the molecule is Cc1cc(N2CC(n3nc(C)cc3C)C2)n2nc(C)c(C)c2n1. The van der Waals surface area contributed by atoms with Gasteiger partial charge in [0.25, 0.3) is 0 Å². The van der Waals surface area contributed by atoms with Gasteiger partial charge in [-0.2, -0.15) is 14.7 Å². The van der Waals surface area contributed by atoms with Crippen LogP contribution in [-0.2, 0) is 0 Å². The van der Waals surface area contributed by atoms with E-state index in [1.165, 1.54) is 5.69 Å². The monoisotopic (exact) mass is 310 g/mol. The van der Waals surface area contributed by atoms with E-state index in [4.69, 9.17) is 0 Å². The predicted octanol–water partition coefficient (Wildman–Crippen LogP) is 2.53. The van der Waals surface area contributed by atoms with Crippen molar-refractivity contribution in [3.63, 3.8) is 0 Å². The van der Waals surface area contributed by atoms with Crippen molar-refractivity contribution in [1.29, 1.82) is 0 Å². The molecule has 1 aliphatic rings. The molecule has 0 amide bonds. The molecule has 4 rings (SSSR count). The molecule has 23 heavy (non-hydrogen) atoms. The molecule has 0 aromatic carbocycles. The first-order chi connectivity index (χ1) is 10.9. The lowest BCUT2D eigenvalue weighted by atomic mass is 10.1. The Morgan fingerprint density at radius 1 is 0.957 bits per heavy atom. The Labute approximate surface area is 135 Å². The molecule has 3 aromatic heterocycles. The second-order valence-corrected chi connectivity index (χ2v) is 6.63. The summed E-state index contributed by atoms with van der Waals surface area (Å²) in [5.41, 5.74) is 6.51. The van der Waals surface area contributed by atoms with Gasteiger partial charge in [0.2, 0.25) is 0 Å². The average Bonchev–Trinajstić information content (AvgIpc) is 2.90. The summed E-state index contributed by atoms with van der Waals surface area (Å²) in [7, 11) is 0. The molecule has 6 nitrogen and oxygen atoms in total. The Morgan fingerprint density at radius 2 is 1.70 bits per heavy atom. The van der Waals surface area contributed by atoms with Gasteiger partial charge in [0.05, 0.1) is 17.4 Å². The third-order valence-corrected chi connectivity index (χ3v) is 4.74. The van der Waals surface area contributed by atoms with E-state index in [0.29, 0.717) is 6.04 Å². The molecule has 6 heteroatoms. The topological polar surface area (TPSA) is 51.2 Å². The molecule has 1 aliphatic heterocycles. The highest BCUT2D eigenvalue weighted by Crippen LogP contribution is 2.30. The van der Waals surface area contributed by atoms with Crippen LogP contribution in [0.2, 0.25) is 0 Å². The molecule has 1 fully saturated rings. The van der Waals surface area contributed by atoms with Crippen molar-refractivity contribution < 1.29 is 0 Å². The van der Waals surface area contributed by atoms with Gasteiger partial charge in [0, 0.05) is 36.1 Å². The summed E-state index contributed by atoms with van der Waals surface area (Å²) in [6, 6.07) is 4.69. The number of rotatable bonds is 2. The summed E-state index contributed by atoms with van der Waals surface area (Å²) in [5, 5.41) is 9.28. The van der Waals surface area contributed by atoms with Gasteiger partial charge in [-0.25, -0.2) is 4.98 Å². The summed E-state index contributed by atoms with van der Waals surface area (Å²) in [6.45, 7) is 12.3. The summed E-state index contributed by atoms with van der Waals surface area (Å²) < 4.78 is 4.13. The predicted molar refractivity (Wildman–Crippen MR) is 90.1 cm³/mol. The molecular weight excluding hydrogens is 288 g/mol. The Kier molecular flexibility index (Phi) is 2.98. The molecule has 0 unspecified atom stereocenters. The van der Waals surface area contributed by atoms with Crippen LogP contribution in [0.4, 0.5) is 5.82 Å². The van der Waals surface area contributed by atoms with Gasteiger partial charge < -0.3 is 4.90 Å². The van der Waals surface area contributed by atoms with Crippen molar-refractivity contribution in [3.05, 3.63) is 40.5 Å². The zero-order valence-electron chi connectivity index (χ0n) is 14.3. The van der Waals surface area contributed by atoms with Crippen LogP contribution in [0.5, 0.6) is 0 Å². The maximum Gasteiger partial charge on any atom is 0.160 e. The third-order valence-electron chi connectivity index (χ3n) is 4.74. The van der Waals surface area contributed by atoms with Gasteiger partial charge in [-0.05, 0) is 40.7 Å². The molecule has 120 valence electrons. The quantitative estimate of drug-likeness (QED) is 0.730. The highest BCUT2D eigenvalue weighted by Gasteiger charge is 2.32. The van der Waals surface area contributed by atoms with Crippen molar-refractivity contribution in [2.24, 2.45) is 0 Å². The van der Waals surface area contributed by atoms with E-state index in [1.54, 1.807) is 0 Å². The molecule has 0 saturated carbocycles. The van der Waals surface area contributed by atoms with Gasteiger partial charge >= 0.3 is 0 Å². The van der Waals surface area contributed by atoms with Gasteiger partial charge in [-0.3, -0.25) is 4.68 Å². The van der Waals surface area contributed by atoms with Crippen LogP contribution in [0.15, 0.2) is 12.1 Å². The first-order valence-corrected chi connectivity index (χ1v) is 8.05. The van der Waals surface area contributed by atoms with Crippen LogP contribution in [0.1, 0.15) is 34.4 Å². The Morgan fingerprint density at radius 3 is 2.35 bits per heavy atom. The standard InChI is InChI=1S/C17H22N6/c1-10-7-16(23-17(18-10)13(4)14(5)20-23)21-8-15(9-21)22-12(3)6-11(2)19-22/h6-7,15H,8-9H2,1-5H3. The fourth-order valence-corrected chi connectivity index (χ4v) is 3.37. The number of aromatic nitrogens is 5. The average molecular weight is 310 g/mol. The normalized spacial score (nSPS) is 15.4. The molecule has 0 radical (unpaired) electrons. The Hall–Kier alpha value is -2.37. The van der Waals surface area contributed by atoms with E-state index < -0.39 is 0 Å². The number of hydrogen-bond acceptors (Lipinski definition) is 4. The first kappa shape index (κ1) is 14.2. The molecule has 1 saturated heterocycles. The molecule has 3 aromatic rings. The summed E-state index contributed by atoms with van der Waals surface area (Å²) >= 11 is 0. The van der Waals surface area contributed by atoms with Gasteiger partial charge in [0.1, 0.15) is 5.82 Å². The highest BCUT2D eigenvalue weighted by molar-refractivity contribution is 5.57. The number of hydrogen-bond donors (Lipinski definition) is 0. The van der Waals surface area contributed by atoms with Crippen LogP contribution < -0.4 is 4.90 Å². The molecular formula is C17H22N6. The summed E-state index contributed by atoms with van der Waals surface area (Å²) in [4.78, 5) is 7.00. The molecule has 0 N–H and O–H groups in total. The zero-order valence-corrected chi connectivity index (χ0v) is 14.3. The van der Waals surface area contributed by atoms with E-state index in [1.807, 2.05) is 25.3 Å². The fraction of sp³-hybridized carbons (Fsp3) is 0.471. The summed E-state index contributed by atoms with van der Waals surface area (Å²) in [5.74, 6) is 1.13. The second-order valence-electron chi connectivity index (χ2n) is 6.63. The zero-order chi connectivity index (χ0) is 16.3. The maximum atomic E-state index is 4.67. The Balaban J connectivity index is 1.67. The van der Waals surface area contributed by atoms with Crippen LogP contribution >= 0.6 is 0 Å². The Bertz CT molecular complexity index is 898. The lowest BCUT2D eigenvalue weighted by Gasteiger charge is -2.41. The van der Waals surface area contributed by atoms with E-state index in [9.17, 15) is 0 Å². The van der Waals surface area contributed by atoms with E-state index in [2.05, 4.69) is 50.7 Å². The minimum Gasteiger partial charge on any atom is -0.352 e. The lowest BCUT2D eigenvalue weighted by Crippen LogP contribution is -2.49. The smallest absolute Gasteiger partial charge is 0.160 e. The number of aryl methyl sites for hydroxylation is 5. The molecule has 0 atom stereocenters. The van der Waals surface area contributed by atoms with E-state index >= 15 is 0 Å². The van der Waals surface area contributed by atoms with Crippen LogP contribution in [-0.4, -0.2) is 37.5 Å². The number of nitrogens with zero attached hydrogens (tertiary/aromatic N) is 6. The third kappa shape index (κ3) is 2.12. The van der Waals surface area contributed by atoms with Crippen LogP contribution in [0, 0.1) is 34.6 Å². The highest BCUT2D eigenvalue weighted by atomic mass is 15.4. The first-order valence-electron chi connectivity index (χ1n) is 8.05. The fourth-order valence-electron chi connectivity index (χ4n) is 3.37. The number of anilines is 1. The molecule has 0 spiro atoms. The van der Waals surface area contributed by atoms with Gasteiger partial charge in [-0.1, -0.05) is 0 Å². The minimum absolute atomic E-state index is 0.435. The van der Waals surface area contributed by atoms with Gasteiger partial charge in [0.15, 0.2) is 5.65 Å². The van der Waals surface area contributed by atoms with Crippen molar-refractivity contribution in [2.75, 3.05) is 18.0 Å². The van der Waals surface area contributed by atoms with E-state index in [-0.39, 0.29) is 0 Å². The second kappa shape index (κ2) is 4.81. The molecule has 0 bridgehead atoms. The largest absolute Gasteiger partial charge is 0.352 e. The minimum atomic E-state index is 0.435. The van der Waals surface area contributed by atoms with Crippen molar-refractivity contribution in [1.82, 2.24) is 24.4 Å². The molecule has 4 heterocycles. The van der Waals surface area contributed by atoms with Crippen molar-refractivity contribution in [2.45, 2.75) is 40.7 Å². The van der Waals surface area contributed by atoms with Crippen LogP contribution in [0.3, 0.4) is 0 Å². The summed E-state index contributed by atoms with van der Waals surface area (Å²) in [6.07, 6.45) is 0. The van der Waals surface area contributed by atoms with Gasteiger partial charge in [-0.15, -0.1) is 0 Å². The molecule has 0 aliphatic carbocycles. The lowest BCUT2D eigenvalue weighted by molar-refractivity contribution is 0.357. The maximum absolute atomic E-state index is 4.67.